The number of phosphoric ester groups is 2. The minimum absolute atomic E-state index is 0.104. The van der Waals surface area contributed by atoms with Crippen LogP contribution in [0.15, 0.2) is 0 Å². The molecule has 19 heteroatoms. The van der Waals surface area contributed by atoms with Crippen molar-refractivity contribution >= 4 is 39.5 Å². The first-order valence-corrected chi connectivity index (χ1v) is 38.8. The Morgan fingerprint density at radius 1 is 0.318 bits per heavy atom. The summed E-state index contributed by atoms with van der Waals surface area (Å²) in [5.74, 6) is 0.877. The van der Waals surface area contributed by atoms with E-state index in [1.807, 2.05) is 0 Å². The molecule has 17 nitrogen and oxygen atoms in total. The number of esters is 4. The zero-order valence-corrected chi connectivity index (χ0v) is 59.1. The number of aliphatic hydroxyl groups excluding tert-OH is 1. The van der Waals surface area contributed by atoms with Crippen molar-refractivity contribution in [2.24, 2.45) is 23.7 Å². The van der Waals surface area contributed by atoms with E-state index in [4.69, 9.17) is 37.0 Å². The van der Waals surface area contributed by atoms with Crippen molar-refractivity contribution in [3.8, 4) is 0 Å². The molecule has 0 aliphatic rings. The average Bonchev–Trinajstić information content (AvgIpc) is 3.62. The van der Waals surface area contributed by atoms with Gasteiger partial charge in [-0.1, -0.05) is 287 Å². The second-order valence-corrected chi connectivity index (χ2v) is 29.3. The first kappa shape index (κ1) is 86.1. The molecule has 0 aliphatic carbocycles. The molecule has 0 aromatic rings. The third-order valence-corrected chi connectivity index (χ3v) is 18.4. The summed E-state index contributed by atoms with van der Waals surface area (Å²) in [5.41, 5.74) is 0. The van der Waals surface area contributed by atoms with Gasteiger partial charge in [-0.25, -0.2) is 9.13 Å². The third kappa shape index (κ3) is 60.3. The van der Waals surface area contributed by atoms with Crippen molar-refractivity contribution in [2.45, 2.75) is 356 Å². The fourth-order valence-electron chi connectivity index (χ4n) is 10.2. The first-order chi connectivity index (χ1) is 42.2. The van der Waals surface area contributed by atoms with Gasteiger partial charge in [-0.2, -0.15) is 0 Å². The Hall–Kier alpha value is -1.94. The molecule has 0 bridgehead atoms. The van der Waals surface area contributed by atoms with Crippen LogP contribution >= 0.6 is 15.6 Å². The van der Waals surface area contributed by atoms with E-state index in [0.29, 0.717) is 31.6 Å². The van der Waals surface area contributed by atoms with Gasteiger partial charge in [0.05, 0.1) is 26.4 Å². The number of phosphoric acid groups is 2. The molecule has 0 aromatic heterocycles. The van der Waals surface area contributed by atoms with Gasteiger partial charge in [-0.05, 0) is 49.4 Å². The average molecular weight is 1300 g/mol. The SMILES string of the molecule is CCC(C)CCCCCCCCCCCCC(=O)OC[C@H](COP(=O)(O)OC[C@@H](O)COP(=O)(O)OC[C@@H](COC(=O)CCCCCCCCC(C)C)OC(=O)CCCCCCCCCCCCC(C)CC)OC(=O)CCCCCCCCCCC(C)C. The predicted octanol–water partition coefficient (Wildman–Crippen LogP) is 19.3. The molecule has 4 unspecified atom stereocenters. The number of hydrogen-bond donors (Lipinski definition) is 3. The van der Waals surface area contributed by atoms with Crippen LogP contribution in [-0.2, 0) is 65.4 Å². The van der Waals surface area contributed by atoms with Crippen LogP contribution in [0.4, 0.5) is 0 Å². The van der Waals surface area contributed by atoms with E-state index >= 15 is 0 Å². The fourth-order valence-corrected chi connectivity index (χ4v) is 11.8. The van der Waals surface area contributed by atoms with E-state index in [9.17, 15) is 43.2 Å². The van der Waals surface area contributed by atoms with Crippen molar-refractivity contribution in [3.63, 3.8) is 0 Å². The molecule has 0 aliphatic heterocycles. The number of ether oxygens (including phenoxy) is 4. The lowest BCUT2D eigenvalue weighted by Gasteiger charge is -2.21. The van der Waals surface area contributed by atoms with Crippen LogP contribution in [0.1, 0.15) is 338 Å². The van der Waals surface area contributed by atoms with Gasteiger partial charge < -0.3 is 33.8 Å². The molecule has 7 atom stereocenters. The van der Waals surface area contributed by atoms with Gasteiger partial charge in [-0.3, -0.25) is 37.3 Å². The number of hydrogen-bond acceptors (Lipinski definition) is 15. The van der Waals surface area contributed by atoms with E-state index in [1.165, 1.54) is 135 Å². The van der Waals surface area contributed by atoms with Crippen LogP contribution in [0.25, 0.3) is 0 Å². The Balaban J connectivity index is 5.25. The van der Waals surface area contributed by atoms with Crippen LogP contribution in [0.3, 0.4) is 0 Å². The molecule has 0 heterocycles. The highest BCUT2D eigenvalue weighted by Gasteiger charge is 2.30. The molecule has 0 fully saturated rings. The molecule has 0 amide bonds. The molecule has 522 valence electrons. The summed E-state index contributed by atoms with van der Waals surface area (Å²) in [6.45, 7) is 14.1. The quantitative estimate of drug-likeness (QED) is 0.0222. The summed E-state index contributed by atoms with van der Waals surface area (Å²) >= 11 is 0. The summed E-state index contributed by atoms with van der Waals surface area (Å²) in [5, 5.41) is 10.6. The topological polar surface area (TPSA) is 237 Å². The van der Waals surface area contributed by atoms with E-state index in [0.717, 1.165) is 114 Å². The summed E-state index contributed by atoms with van der Waals surface area (Å²) in [4.78, 5) is 72.5. The van der Waals surface area contributed by atoms with Crippen LogP contribution < -0.4 is 0 Å². The lowest BCUT2D eigenvalue weighted by atomic mass is 9.99. The van der Waals surface area contributed by atoms with E-state index < -0.39 is 97.5 Å². The van der Waals surface area contributed by atoms with Crippen molar-refractivity contribution in [1.82, 2.24) is 0 Å². The van der Waals surface area contributed by atoms with Crippen molar-refractivity contribution in [1.29, 1.82) is 0 Å². The van der Waals surface area contributed by atoms with Crippen molar-refractivity contribution in [2.75, 3.05) is 39.6 Å². The Kier molecular flexibility index (Phi) is 57.6. The van der Waals surface area contributed by atoms with Gasteiger partial charge >= 0.3 is 39.5 Å². The van der Waals surface area contributed by atoms with E-state index in [2.05, 4.69) is 55.4 Å². The standard InChI is InChI=1S/C69H134O17P2/c1-9-61(7)47-39-31-22-15-11-13-17-24-33-41-49-66(71)79-55-64(86-69(74)52-44-36-26-20-19-21-29-37-45-59(3)4)57-83-87(75,76)81-53-63(70)54-82-88(77,78)84-58-65(56-80-67(72)50-42-34-28-27-30-38-46-60(5)6)85-68(73)51-43-35-25-18-14-12-16-23-32-40-48-62(8)10-2/h59-65,70H,9-58H2,1-8H3,(H,75,76)(H,77,78)/t61?,62?,63-,64-,65-/m1/s1. The molecular formula is C69H134O17P2. The van der Waals surface area contributed by atoms with Crippen molar-refractivity contribution < 1.29 is 80.2 Å². The van der Waals surface area contributed by atoms with Gasteiger partial charge in [-0.15, -0.1) is 0 Å². The molecule has 3 N–H and O–H groups in total. The zero-order valence-electron chi connectivity index (χ0n) is 57.3. The molecular weight excluding hydrogens is 1160 g/mol. The monoisotopic (exact) mass is 1300 g/mol. The highest BCUT2D eigenvalue weighted by molar-refractivity contribution is 7.47. The summed E-state index contributed by atoms with van der Waals surface area (Å²) in [6, 6.07) is 0. The number of unbranched alkanes of at least 4 members (excludes halogenated alkanes) is 30. The van der Waals surface area contributed by atoms with Gasteiger partial charge in [0.1, 0.15) is 19.3 Å². The number of carbonyl (C=O) groups is 4. The van der Waals surface area contributed by atoms with E-state index in [1.54, 1.807) is 0 Å². The molecule has 0 spiro atoms. The second-order valence-electron chi connectivity index (χ2n) is 26.4. The van der Waals surface area contributed by atoms with Crippen LogP contribution in [0, 0.1) is 23.7 Å². The van der Waals surface area contributed by atoms with Gasteiger partial charge in [0.2, 0.25) is 0 Å². The number of rotatable bonds is 66. The smallest absolute Gasteiger partial charge is 0.462 e. The predicted molar refractivity (Wildman–Crippen MR) is 354 cm³/mol. The first-order valence-electron chi connectivity index (χ1n) is 35.8. The highest BCUT2D eigenvalue weighted by Crippen LogP contribution is 2.45. The fraction of sp³-hybridized carbons (Fsp3) is 0.942. The Bertz CT molecular complexity index is 1750. The number of carbonyl (C=O) groups excluding carboxylic acids is 4. The minimum atomic E-state index is -4.95. The number of aliphatic hydroxyl groups is 1. The van der Waals surface area contributed by atoms with Gasteiger partial charge in [0.15, 0.2) is 12.2 Å². The van der Waals surface area contributed by atoms with Crippen LogP contribution in [0.5, 0.6) is 0 Å². The molecule has 0 rings (SSSR count). The highest BCUT2D eigenvalue weighted by atomic mass is 31.2. The Morgan fingerprint density at radius 2 is 0.545 bits per heavy atom. The maximum Gasteiger partial charge on any atom is 0.472 e. The lowest BCUT2D eigenvalue weighted by Crippen LogP contribution is -2.30. The normalized spacial score (nSPS) is 14.9. The van der Waals surface area contributed by atoms with Crippen LogP contribution in [-0.4, -0.2) is 96.7 Å². The zero-order chi connectivity index (χ0) is 65.4. The summed E-state index contributed by atoms with van der Waals surface area (Å²) in [7, 11) is -9.90. The lowest BCUT2D eigenvalue weighted by molar-refractivity contribution is -0.161. The van der Waals surface area contributed by atoms with Gasteiger partial charge in [0, 0.05) is 25.7 Å². The van der Waals surface area contributed by atoms with E-state index in [-0.39, 0.29) is 25.7 Å². The summed E-state index contributed by atoms with van der Waals surface area (Å²) < 4.78 is 68.2. The van der Waals surface area contributed by atoms with Gasteiger partial charge in [0.25, 0.3) is 0 Å². The maximum absolute atomic E-state index is 13.0. The minimum Gasteiger partial charge on any atom is -0.462 e. The van der Waals surface area contributed by atoms with Crippen LogP contribution in [0.2, 0.25) is 0 Å². The molecule has 0 saturated heterocycles. The molecule has 0 aromatic carbocycles. The second kappa shape index (κ2) is 58.8. The Morgan fingerprint density at radius 3 is 0.807 bits per heavy atom. The summed E-state index contributed by atoms with van der Waals surface area (Å²) in [6.07, 6.45) is 40.3. The largest absolute Gasteiger partial charge is 0.472 e. The maximum atomic E-state index is 13.0. The molecule has 0 radical (unpaired) electrons. The molecule has 0 saturated carbocycles. The third-order valence-electron chi connectivity index (χ3n) is 16.5. The Labute approximate surface area is 537 Å². The van der Waals surface area contributed by atoms with Crippen molar-refractivity contribution in [3.05, 3.63) is 0 Å². The molecule has 88 heavy (non-hydrogen) atoms.